The number of thiocarbonyl (C=S) groups is 1. The summed E-state index contributed by atoms with van der Waals surface area (Å²) in [5.74, 6) is -0.164. The topological polar surface area (TPSA) is 62.2 Å². The smallest absolute Gasteiger partial charge is 0.341 e. The lowest BCUT2D eigenvalue weighted by atomic mass is 10.1. The van der Waals surface area contributed by atoms with E-state index in [1.54, 1.807) is 12.1 Å². The molecule has 1 saturated heterocycles. The molecule has 0 atom stereocenters. The molecule has 0 bridgehead atoms. The van der Waals surface area contributed by atoms with Crippen molar-refractivity contribution in [2.45, 2.75) is 6.54 Å². The van der Waals surface area contributed by atoms with Gasteiger partial charge in [0.25, 0.3) is 0 Å². The van der Waals surface area contributed by atoms with Gasteiger partial charge in [0, 0.05) is 38.3 Å². The van der Waals surface area contributed by atoms with Gasteiger partial charge in [-0.05, 0) is 23.8 Å². The maximum absolute atomic E-state index is 10.7. The van der Waals surface area contributed by atoms with Crippen LogP contribution in [0.1, 0.15) is 11.1 Å². The van der Waals surface area contributed by atoms with E-state index in [2.05, 4.69) is 34.1 Å². The van der Waals surface area contributed by atoms with Crippen molar-refractivity contribution in [1.82, 2.24) is 9.80 Å². The van der Waals surface area contributed by atoms with Crippen molar-refractivity contribution in [3.05, 3.63) is 59.7 Å². The highest BCUT2D eigenvalue weighted by molar-refractivity contribution is 7.80. The van der Waals surface area contributed by atoms with Crippen LogP contribution in [0.4, 0.5) is 0 Å². The molecule has 1 aliphatic heterocycles. The Bertz CT molecular complexity index is 820. The summed E-state index contributed by atoms with van der Waals surface area (Å²) in [4.78, 5) is 16.1. The minimum absolute atomic E-state index is 0.393. The standard InChI is InChI=1S/C21H24N2O4S/c1-26-19-13-17(7-8-18(19)27-15-20(24)25)21(28)23-11-9-22(10-12-23)14-16-5-3-2-4-6-16/h2-8,13H,9-12,14-15H2,1H3,(H,24,25). The number of carboxylic acids is 1. The van der Waals surface area contributed by atoms with Crippen molar-refractivity contribution in [2.24, 2.45) is 0 Å². The molecule has 148 valence electrons. The Labute approximate surface area is 170 Å². The molecule has 2 aromatic carbocycles. The van der Waals surface area contributed by atoms with Gasteiger partial charge in [-0.1, -0.05) is 42.5 Å². The number of piperazine rings is 1. The maximum Gasteiger partial charge on any atom is 0.341 e. The molecule has 3 rings (SSSR count). The predicted molar refractivity (Wildman–Crippen MR) is 111 cm³/mol. The highest BCUT2D eigenvalue weighted by Crippen LogP contribution is 2.29. The van der Waals surface area contributed by atoms with E-state index in [4.69, 9.17) is 26.8 Å². The third kappa shape index (κ3) is 5.21. The minimum Gasteiger partial charge on any atom is -0.493 e. The molecule has 7 heteroatoms. The van der Waals surface area contributed by atoms with Crippen molar-refractivity contribution in [2.75, 3.05) is 39.9 Å². The molecule has 1 N–H and O–H groups in total. The lowest BCUT2D eigenvalue weighted by Crippen LogP contribution is -2.48. The second-order valence-corrected chi connectivity index (χ2v) is 6.99. The quantitative estimate of drug-likeness (QED) is 0.717. The maximum atomic E-state index is 10.7. The minimum atomic E-state index is -1.03. The van der Waals surface area contributed by atoms with E-state index in [1.807, 2.05) is 12.1 Å². The van der Waals surface area contributed by atoms with Crippen LogP contribution >= 0.6 is 12.2 Å². The first-order valence-corrected chi connectivity index (χ1v) is 9.56. The van der Waals surface area contributed by atoms with E-state index in [-0.39, 0.29) is 0 Å². The summed E-state index contributed by atoms with van der Waals surface area (Å²) in [6.07, 6.45) is 0. The Morgan fingerprint density at radius 2 is 1.79 bits per heavy atom. The normalized spacial score (nSPS) is 14.5. The summed E-state index contributed by atoms with van der Waals surface area (Å²) < 4.78 is 10.6. The Morgan fingerprint density at radius 3 is 2.43 bits per heavy atom. The van der Waals surface area contributed by atoms with Crippen LogP contribution < -0.4 is 9.47 Å². The van der Waals surface area contributed by atoms with Gasteiger partial charge in [0.05, 0.1) is 7.11 Å². The Hall–Kier alpha value is -2.64. The third-order valence-electron chi connectivity index (χ3n) is 4.67. The SMILES string of the molecule is COc1cc(C(=S)N2CCN(Cc3ccccc3)CC2)ccc1OCC(=O)O. The van der Waals surface area contributed by atoms with Gasteiger partial charge in [0.2, 0.25) is 0 Å². The van der Waals surface area contributed by atoms with Gasteiger partial charge in [0.1, 0.15) is 4.99 Å². The zero-order chi connectivity index (χ0) is 19.9. The van der Waals surface area contributed by atoms with Gasteiger partial charge in [-0.15, -0.1) is 0 Å². The molecule has 0 spiro atoms. The van der Waals surface area contributed by atoms with Gasteiger partial charge in [0.15, 0.2) is 18.1 Å². The van der Waals surface area contributed by atoms with Crippen molar-refractivity contribution < 1.29 is 19.4 Å². The highest BCUT2D eigenvalue weighted by atomic mass is 32.1. The number of ether oxygens (including phenoxy) is 2. The van der Waals surface area contributed by atoms with Crippen LogP contribution in [0.5, 0.6) is 11.5 Å². The second kappa shape index (κ2) is 9.52. The van der Waals surface area contributed by atoms with E-state index in [0.29, 0.717) is 11.5 Å². The number of carboxylic acid groups (broad SMARTS) is 1. The molecule has 0 amide bonds. The first-order valence-electron chi connectivity index (χ1n) is 9.15. The first kappa shape index (κ1) is 20.1. The molecular weight excluding hydrogens is 376 g/mol. The zero-order valence-electron chi connectivity index (χ0n) is 15.8. The number of rotatable bonds is 7. The molecule has 0 radical (unpaired) electrons. The summed E-state index contributed by atoms with van der Waals surface area (Å²) in [5, 5.41) is 8.77. The van der Waals surface area contributed by atoms with E-state index in [0.717, 1.165) is 43.3 Å². The summed E-state index contributed by atoms with van der Waals surface area (Å²) in [6.45, 7) is 4.17. The Balaban J connectivity index is 1.59. The Morgan fingerprint density at radius 1 is 1.07 bits per heavy atom. The van der Waals surface area contributed by atoms with Crippen LogP contribution in [0.2, 0.25) is 0 Å². The van der Waals surface area contributed by atoms with E-state index < -0.39 is 12.6 Å². The highest BCUT2D eigenvalue weighted by Gasteiger charge is 2.21. The predicted octanol–water partition coefficient (Wildman–Crippen LogP) is 2.65. The number of nitrogens with zero attached hydrogens (tertiary/aromatic N) is 2. The van der Waals surface area contributed by atoms with Crippen LogP contribution in [0.3, 0.4) is 0 Å². The van der Waals surface area contributed by atoms with Crippen LogP contribution in [0, 0.1) is 0 Å². The van der Waals surface area contributed by atoms with Crippen molar-refractivity contribution in [1.29, 1.82) is 0 Å². The number of aliphatic carboxylic acids is 1. The van der Waals surface area contributed by atoms with Crippen LogP contribution in [0.15, 0.2) is 48.5 Å². The lowest BCUT2D eigenvalue weighted by molar-refractivity contribution is -0.139. The van der Waals surface area contributed by atoms with Gasteiger partial charge >= 0.3 is 5.97 Å². The molecule has 0 saturated carbocycles. The van der Waals surface area contributed by atoms with E-state index in [1.165, 1.54) is 12.7 Å². The average molecular weight is 401 g/mol. The number of methoxy groups -OCH3 is 1. The van der Waals surface area contributed by atoms with Crippen LogP contribution in [-0.2, 0) is 11.3 Å². The summed E-state index contributed by atoms with van der Waals surface area (Å²) in [7, 11) is 1.53. The summed E-state index contributed by atoms with van der Waals surface area (Å²) in [6, 6.07) is 15.8. The molecule has 2 aromatic rings. The average Bonchev–Trinajstić information content (AvgIpc) is 2.73. The number of hydrogen-bond donors (Lipinski definition) is 1. The fraction of sp³-hybridized carbons (Fsp3) is 0.333. The molecule has 0 aliphatic carbocycles. The van der Waals surface area contributed by atoms with Gasteiger partial charge < -0.3 is 19.5 Å². The molecule has 1 heterocycles. The second-order valence-electron chi connectivity index (χ2n) is 6.60. The van der Waals surface area contributed by atoms with Gasteiger partial charge in [-0.3, -0.25) is 4.90 Å². The number of carbonyl (C=O) groups is 1. The Kier molecular flexibility index (Phi) is 6.84. The van der Waals surface area contributed by atoms with Crippen LogP contribution in [-0.4, -0.2) is 65.8 Å². The fourth-order valence-electron chi connectivity index (χ4n) is 3.19. The number of hydrogen-bond acceptors (Lipinski definition) is 5. The zero-order valence-corrected chi connectivity index (χ0v) is 16.7. The first-order chi connectivity index (χ1) is 13.6. The monoisotopic (exact) mass is 400 g/mol. The van der Waals surface area contributed by atoms with E-state index in [9.17, 15) is 4.79 Å². The van der Waals surface area contributed by atoms with Crippen molar-refractivity contribution >= 4 is 23.2 Å². The van der Waals surface area contributed by atoms with Crippen molar-refractivity contribution in [3.63, 3.8) is 0 Å². The van der Waals surface area contributed by atoms with Gasteiger partial charge in [-0.2, -0.15) is 0 Å². The summed E-state index contributed by atoms with van der Waals surface area (Å²) in [5.41, 5.74) is 2.19. The van der Waals surface area contributed by atoms with E-state index >= 15 is 0 Å². The molecule has 1 fully saturated rings. The van der Waals surface area contributed by atoms with Gasteiger partial charge in [-0.25, -0.2) is 4.79 Å². The largest absolute Gasteiger partial charge is 0.493 e. The number of benzene rings is 2. The molecular formula is C21H24N2O4S. The molecule has 0 unspecified atom stereocenters. The molecule has 28 heavy (non-hydrogen) atoms. The van der Waals surface area contributed by atoms with Crippen LogP contribution in [0.25, 0.3) is 0 Å². The van der Waals surface area contributed by atoms with Crippen molar-refractivity contribution in [3.8, 4) is 11.5 Å². The third-order valence-corrected chi connectivity index (χ3v) is 5.16. The molecule has 1 aliphatic rings. The summed E-state index contributed by atoms with van der Waals surface area (Å²) >= 11 is 5.68. The molecule has 0 aromatic heterocycles. The molecule has 6 nitrogen and oxygen atoms in total. The lowest BCUT2D eigenvalue weighted by Gasteiger charge is -2.36. The fourth-order valence-corrected chi connectivity index (χ4v) is 3.50.